The van der Waals surface area contributed by atoms with Gasteiger partial charge in [0.05, 0.1) is 5.75 Å². The third-order valence-corrected chi connectivity index (χ3v) is 4.67. The van der Waals surface area contributed by atoms with E-state index >= 15 is 0 Å². The second kappa shape index (κ2) is 7.16. The standard InChI is InChI=1S/C20H15BrOS/c21-17-12-11-16(18(22)13-23)19(14-7-3-1-4-8-14)20(17)15-9-5-2-6-10-15/h1-12,23H,13H2. The Labute approximate surface area is 149 Å². The van der Waals surface area contributed by atoms with Crippen molar-refractivity contribution in [3.63, 3.8) is 0 Å². The lowest BCUT2D eigenvalue weighted by Gasteiger charge is -2.16. The molecule has 0 aliphatic rings. The zero-order valence-electron chi connectivity index (χ0n) is 12.4. The molecule has 1 nitrogen and oxygen atoms in total. The molecule has 0 atom stereocenters. The van der Waals surface area contributed by atoms with Gasteiger partial charge in [0.15, 0.2) is 5.78 Å². The summed E-state index contributed by atoms with van der Waals surface area (Å²) < 4.78 is 0.971. The van der Waals surface area contributed by atoms with E-state index < -0.39 is 0 Å². The second-order valence-electron chi connectivity index (χ2n) is 5.16. The summed E-state index contributed by atoms with van der Waals surface area (Å²) in [7, 11) is 0. The molecule has 0 unspecified atom stereocenters. The molecule has 0 heterocycles. The van der Waals surface area contributed by atoms with Gasteiger partial charge in [-0.25, -0.2) is 0 Å². The summed E-state index contributed by atoms with van der Waals surface area (Å²) in [5, 5.41) is 0. The van der Waals surface area contributed by atoms with Crippen molar-refractivity contribution in [2.24, 2.45) is 0 Å². The molecule has 0 radical (unpaired) electrons. The Kier molecular flexibility index (Phi) is 4.99. The molecule has 3 aromatic carbocycles. The molecule has 0 bridgehead atoms. The molecule has 0 amide bonds. The first-order valence-corrected chi connectivity index (χ1v) is 8.72. The number of carbonyl (C=O) groups is 1. The Morgan fingerprint density at radius 2 is 1.30 bits per heavy atom. The van der Waals surface area contributed by atoms with Crippen LogP contribution >= 0.6 is 28.6 Å². The van der Waals surface area contributed by atoms with Gasteiger partial charge < -0.3 is 0 Å². The van der Waals surface area contributed by atoms with E-state index in [4.69, 9.17) is 0 Å². The molecule has 0 aromatic heterocycles. The molecule has 0 aliphatic carbocycles. The van der Waals surface area contributed by atoms with Gasteiger partial charge in [0, 0.05) is 21.2 Å². The molecular weight excluding hydrogens is 368 g/mol. The summed E-state index contributed by atoms with van der Waals surface area (Å²) >= 11 is 7.83. The molecule has 0 saturated carbocycles. The van der Waals surface area contributed by atoms with Crippen molar-refractivity contribution in [3.8, 4) is 22.3 Å². The fourth-order valence-electron chi connectivity index (χ4n) is 2.69. The van der Waals surface area contributed by atoms with Crippen LogP contribution in [0.15, 0.2) is 77.3 Å². The van der Waals surface area contributed by atoms with Gasteiger partial charge in [-0.2, -0.15) is 12.6 Å². The van der Waals surface area contributed by atoms with Gasteiger partial charge >= 0.3 is 0 Å². The predicted octanol–water partition coefficient (Wildman–Crippen LogP) is 5.90. The molecule has 0 N–H and O–H groups in total. The first kappa shape index (κ1) is 16.0. The van der Waals surface area contributed by atoms with Crippen LogP contribution < -0.4 is 0 Å². The molecule has 0 aliphatic heterocycles. The summed E-state index contributed by atoms with van der Waals surface area (Å²) in [6, 6.07) is 23.9. The highest BCUT2D eigenvalue weighted by atomic mass is 79.9. The maximum absolute atomic E-state index is 12.4. The van der Waals surface area contributed by atoms with Crippen LogP contribution in [0.3, 0.4) is 0 Å². The molecule has 3 rings (SSSR count). The third-order valence-electron chi connectivity index (χ3n) is 3.72. The Hall–Kier alpha value is -1.84. The number of hydrogen-bond acceptors (Lipinski definition) is 2. The zero-order valence-corrected chi connectivity index (χ0v) is 14.8. The lowest BCUT2D eigenvalue weighted by atomic mass is 9.89. The number of rotatable bonds is 4. The van der Waals surface area contributed by atoms with E-state index in [2.05, 4.69) is 40.7 Å². The van der Waals surface area contributed by atoms with Crippen molar-refractivity contribution >= 4 is 34.3 Å². The van der Waals surface area contributed by atoms with Crippen molar-refractivity contribution in [2.75, 3.05) is 5.75 Å². The number of halogens is 1. The highest BCUT2D eigenvalue weighted by molar-refractivity contribution is 9.10. The van der Waals surface area contributed by atoms with Crippen LogP contribution in [0, 0.1) is 0 Å². The molecule has 0 fully saturated rings. The van der Waals surface area contributed by atoms with Gasteiger partial charge in [-0.3, -0.25) is 4.79 Å². The molecule has 3 heteroatoms. The Morgan fingerprint density at radius 1 is 0.783 bits per heavy atom. The normalized spacial score (nSPS) is 10.5. The van der Waals surface area contributed by atoms with E-state index in [1.54, 1.807) is 0 Å². The third kappa shape index (κ3) is 3.26. The van der Waals surface area contributed by atoms with Crippen molar-refractivity contribution in [1.82, 2.24) is 0 Å². The maximum atomic E-state index is 12.4. The quantitative estimate of drug-likeness (QED) is 0.439. The molecule has 3 aromatic rings. The number of thiol groups is 1. The van der Waals surface area contributed by atoms with E-state index in [9.17, 15) is 4.79 Å². The fraction of sp³-hybridized carbons (Fsp3) is 0.0500. The summed E-state index contributed by atoms with van der Waals surface area (Å²) in [5.74, 6) is 0.215. The first-order chi connectivity index (χ1) is 11.2. The zero-order chi connectivity index (χ0) is 16.2. The van der Waals surface area contributed by atoms with Gasteiger partial charge in [0.2, 0.25) is 0 Å². The summed E-state index contributed by atoms with van der Waals surface area (Å²) in [6.07, 6.45) is 0. The summed E-state index contributed by atoms with van der Waals surface area (Å²) in [6.45, 7) is 0. The largest absolute Gasteiger partial charge is 0.293 e. The average Bonchev–Trinajstić information content (AvgIpc) is 2.62. The number of Topliss-reactive ketones (excluding diaryl/α,β-unsaturated/α-hetero) is 1. The van der Waals surface area contributed by atoms with Gasteiger partial charge in [0.25, 0.3) is 0 Å². The van der Waals surface area contributed by atoms with Crippen LogP contribution in [-0.4, -0.2) is 11.5 Å². The molecular formula is C20H15BrOS. The predicted molar refractivity (Wildman–Crippen MR) is 103 cm³/mol. The van der Waals surface area contributed by atoms with Crippen LogP contribution in [-0.2, 0) is 0 Å². The van der Waals surface area contributed by atoms with Crippen LogP contribution in [0.5, 0.6) is 0 Å². The minimum absolute atomic E-state index is 0.0249. The van der Waals surface area contributed by atoms with Crippen LogP contribution in [0.2, 0.25) is 0 Å². The minimum Gasteiger partial charge on any atom is -0.293 e. The van der Waals surface area contributed by atoms with Crippen molar-refractivity contribution in [2.45, 2.75) is 0 Å². The van der Waals surface area contributed by atoms with Gasteiger partial charge in [-0.1, -0.05) is 76.6 Å². The Bertz CT molecular complexity index is 829. The Balaban J connectivity index is 2.36. The fourth-order valence-corrected chi connectivity index (χ4v) is 3.42. The molecule has 23 heavy (non-hydrogen) atoms. The highest BCUT2D eigenvalue weighted by Crippen LogP contribution is 2.40. The number of hydrogen-bond donors (Lipinski definition) is 1. The second-order valence-corrected chi connectivity index (χ2v) is 6.33. The summed E-state index contributed by atoms with van der Waals surface area (Å²) in [4.78, 5) is 12.4. The minimum atomic E-state index is 0.0249. The molecule has 114 valence electrons. The van der Waals surface area contributed by atoms with Gasteiger partial charge in [-0.05, 0) is 23.3 Å². The lowest BCUT2D eigenvalue weighted by molar-refractivity contribution is 0.102. The SMILES string of the molecule is O=C(CS)c1ccc(Br)c(-c2ccccc2)c1-c1ccccc1. The van der Waals surface area contributed by atoms with Gasteiger partial charge in [0.1, 0.15) is 0 Å². The Morgan fingerprint density at radius 3 is 1.83 bits per heavy atom. The topological polar surface area (TPSA) is 17.1 Å². The van der Waals surface area contributed by atoms with E-state index in [0.29, 0.717) is 5.56 Å². The van der Waals surface area contributed by atoms with Gasteiger partial charge in [-0.15, -0.1) is 0 Å². The number of carbonyl (C=O) groups excluding carboxylic acids is 1. The highest BCUT2D eigenvalue weighted by Gasteiger charge is 2.19. The van der Waals surface area contributed by atoms with Crippen molar-refractivity contribution in [1.29, 1.82) is 0 Å². The first-order valence-electron chi connectivity index (χ1n) is 7.29. The molecule has 0 saturated heterocycles. The monoisotopic (exact) mass is 382 g/mol. The van der Waals surface area contributed by atoms with Crippen molar-refractivity contribution < 1.29 is 4.79 Å². The van der Waals surface area contributed by atoms with E-state index in [0.717, 1.165) is 26.7 Å². The maximum Gasteiger partial charge on any atom is 0.173 e. The summed E-state index contributed by atoms with van der Waals surface area (Å²) in [5.41, 5.74) is 4.78. The number of benzene rings is 3. The number of ketones is 1. The van der Waals surface area contributed by atoms with Crippen LogP contribution in [0.25, 0.3) is 22.3 Å². The van der Waals surface area contributed by atoms with E-state index in [-0.39, 0.29) is 11.5 Å². The van der Waals surface area contributed by atoms with Crippen molar-refractivity contribution in [3.05, 3.63) is 82.8 Å². The van der Waals surface area contributed by atoms with E-state index in [1.807, 2.05) is 60.7 Å². The van der Waals surface area contributed by atoms with Crippen LogP contribution in [0.4, 0.5) is 0 Å². The smallest absolute Gasteiger partial charge is 0.173 e. The molecule has 0 spiro atoms. The lowest BCUT2D eigenvalue weighted by Crippen LogP contribution is -2.04. The average molecular weight is 383 g/mol. The van der Waals surface area contributed by atoms with E-state index in [1.165, 1.54) is 0 Å². The van der Waals surface area contributed by atoms with Crippen LogP contribution in [0.1, 0.15) is 10.4 Å².